The van der Waals surface area contributed by atoms with Crippen molar-refractivity contribution in [2.75, 3.05) is 11.6 Å². The van der Waals surface area contributed by atoms with Gasteiger partial charge in [-0.1, -0.05) is 11.6 Å². The molecule has 1 fully saturated rings. The van der Waals surface area contributed by atoms with Crippen molar-refractivity contribution in [2.24, 2.45) is 0 Å². The highest BCUT2D eigenvalue weighted by Gasteiger charge is 2.20. The first-order valence-electron chi connectivity index (χ1n) is 6.42. The van der Waals surface area contributed by atoms with Gasteiger partial charge in [0.2, 0.25) is 0 Å². The summed E-state index contributed by atoms with van der Waals surface area (Å²) in [7, 11) is 0. The Morgan fingerprint density at radius 2 is 2.05 bits per heavy atom. The Hall–Kier alpha value is -0.870. The second-order valence-electron chi connectivity index (χ2n) is 4.85. The number of carboxylic acid groups (broad SMARTS) is 1. The quantitative estimate of drug-likeness (QED) is 0.878. The van der Waals surface area contributed by atoms with Gasteiger partial charge in [0, 0.05) is 11.3 Å². The number of halogens is 1. The third kappa shape index (κ3) is 3.80. The number of hydrogen-bond donors (Lipinski definition) is 2. The van der Waals surface area contributed by atoms with Gasteiger partial charge >= 0.3 is 5.97 Å². The van der Waals surface area contributed by atoms with Crippen LogP contribution in [0.2, 0.25) is 5.02 Å². The Labute approximate surface area is 122 Å². The second kappa shape index (κ2) is 6.53. The Balaban J connectivity index is 1.98. The molecule has 1 aromatic rings. The van der Waals surface area contributed by atoms with Crippen LogP contribution in [0.5, 0.6) is 0 Å². The summed E-state index contributed by atoms with van der Waals surface area (Å²) in [6.45, 7) is 0. The molecule has 0 radical (unpaired) electrons. The molecule has 0 spiro atoms. The number of aromatic carboxylic acids is 1. The number of nitrogens with one attached hydrogen (secondary N) is 1. The average Bonchev–Trinajstić information content (AvgIpc) is 2.41. The van der Waals surface area contributed by atoms with Gasteiger partial charge in [-0.3, -0.25) is 0 Å². The Kier molecular flexibility index (Phi) is 4.99. The van der Waals surface area contributed by atoms with E-state index in [1.165, 1.54) is 18.9 Å². The van der Waals surface area contributed by atoms with Gasteiger partial charge in [0.25, 0.3) is 0 Å². The minimum absolute atomic E-state index is 0.224. The van der Waals surface area contributed by atoms with Gasteiger partial charge < -0.3 is 10.4 Å². The first-order valence-corrected chi connectivity index (χ1v) is 8.09. The van der Waals surface area contributed by atoms with Crippen molar-refractivity contribution in [2.45, 2.75) is 37.0 Å². The molecule has 0 heterocycles. The van der Waals surface area contributed by atoms with Crippen molar-refractivity contribution >= 4 is 35.0 Å². The van der Waals surface area contributed by atoms with E-state index < -0.39 is 5.97 Å². The predicted molar refractivity (Wildman–Crippen MR) is 81.6 cm³/mol. The summed E-state index contributed by atoms with van der Waals surface area (Å²) < 4.78 is 0. The monoisotopic (exact) mass is 299 g/mol. The summed E-state index contributed by atoms with van der Waals surface area (Å²) in [6, 6.07) is 5.28. The van der Waals surface area contributed by atoms with Gasteiger partial charge in [0.05, 0.1) is 16.3 Å². The molecule has 2 N–H and O–H groups in total. The third-order valence-electron chi connectivity index (χ3n) is 3.58. The molecule has 0 amide bonds. The summed E-state index contributed by atoms with van der Waals surface area (Å²) in [5.74, 6) is -0.950. The predicted octanol–water partition coefficient (Wildman–Crippen LogP) is 4.12. The molecule has 5 heteroatoms. The first-order chi connectivity index (χ1) is 9.10. The molecule has 0 saturated heterocycles. The summed E-state index contributed by atoms with van der Waals surface area (Å²) in [5, 5.41) is 13.6. The number of rotatable bonds is 4. The summed E-state index contributed by atoms with van der Waals surface area (Å²) in [6.07, 6.45) is 6.90. The van der Waals surface area contributed by atoms with Gasteiger partial charge in [0.1, 0.15) is 0 Å². The van der Waals surface area contributed by atoms with Crippen LogP contribution < -0.4 is 5.32 Å². The van der Waals surface area contributed by atoms with Crippen LogP contribution in [-0.2, 0) is 0 Å². The largest absolute Gasteiger partial charge is 0.478 e. The molecule has 104 valence electrons. The fraction of sp³-hybridized carbons (Fsp3) is 0.500. The van der Waals surface area contributed by atoms with Gasteiger partial charge in [-0.2, -0.15) is 11.8 Å². The Bertz CT molecular complexity index is 459. The van der Waals surface area contributed by atoms with Gasteiger partial charge in [-0.05, 0) is 50.1 Å². The summed E-state index contributed by atoms with van der Waals surface area (Å²) in [4.78, 5) is 10.8. The summed E-state index contributed by atoms with van der Waals surface area (Å²) >= 11 is 8.06. The molecule has 3 nitrogen and oxygen atoms in total. The Morgan fingerprint density at radius 3 is 2.58 bits per heavy atom. The zero-order valence-electron chi connectivity index (χ0n) is 10.9. The summed E-state index contributed by atoms with van der Waals surface area (Å²) in [5.41, 5.74) is 1.06. The third-order valence-corrected chi connectivity index (χ3v) is 5.03. The van der Waals surface area contributed by atoms with E-state index in [9.17, 15) is 4.79 Å². The maximum absolute atomic E-state index is 10.8. The van der Waals surface area contributed by atoms with E-state index in [0.29, 0.717) is 11.1 Å². The fourth-order valence-corrected chi connectivity index (χ4v) is 3.41. The highest BCUT2D eigenvalue weighted by atomic mass is 35.5. The number of anilines is 1. The lowest BCUT2D eigenvalue weighted by molar-refractivity contribution is 0.0697. The number of carboxylic acids is 1. The molecule has 1 aromatic carbocycles. The van der Waals surface area contributed by atoms with Crippen LogP contribution in [0.15, 0.2) is 18.2 Å². The van der Waals surface area contributed by atoms with Crippen molar-refractivity contribution in [3.05, 3.63) is 28.8 Å². The molecule has 1 aliphatic rings. The maximum Gasteiger partial charge on any atom is 0.335 e. The average molecular weight is 300 g/mol. The molecule has 1 saturated carbocycles. The molecule has 0 atom stereocenters. The van der Waals surface area contributed by atoms with E-state index >= 15 is 0 Å². The van der Waals surface area contributed by atoms with Crippen molar-refractivity contribution in [1.82, 2.24) is 0 Å². The van der Waals surface area contributed by atoms with Gasteiger partial charge in [0.15, 0.2) is 0 Å². The minimum Gasteiger partial charge on any atom is -0.478 e. The van der Waals surface area contributed by atoms with E-state index in [1.54, 1.807) is 12.1 Å². The molecule has 19 heavy (non-hydrogen) atoms. The first kappa shape index (κ1) is 14.5. The minimum atomic E-state index is -0.950. The van der Waals surface area contributed by atoms with Crippen LogP contribution in [0.3, 0.4) is 0 Å². The van der Waals surface area contributed by atoms with Crippen molar-refractivity contribution in [3.8, 4) is 0 Å². The van der Waals surface area contributed by atoms with E-state index in [4.69, 9.17) is 16.7 Å². The van der Waals surface area contributed by atoms with Crippen LogP contribution in [0.25, 0.3) is 0 Å². The van der Waals surface area contributed by atoms with Crippen LogP contribution in [0.4, 0.5) is 5.69 Å². The number of carbonyl (C=O) groups is 1. The highest BCUT2D eigenvalue weighted by molar-refractivity contribution is 7.99. The molecule has 0 aromatic heterocycles. The van der Waals surface area contributed by atoms with Gasteiger partial charge in [-0.25, -0.2) is 4.79 Å². The maximum atomic E-state index is 10.8. The second-order valence-corrected chi connectivity index (χ2v) is 6.40. The molecule has 0 aliphatic heterocycles. The molecule has 1 aliphatic carbocycles. The zero-order chi connectivity index (χ0) is 13.8. The van der Waals surface area contributed by atoms with E-state index in [1.807, 2.05) is 11.8 Å². The van der Waals surface area contributed by atoms with Crippen LogP contribution in [0, 0.1) is 0 Å². The standard InChI is InChI=1S/C14H18ClNO2S/c1-19-11-5-3-10(4-6-11)16-13-7-2-9(14(17)18)8-12(13)15/h2,7-8,10-11,16H,3-6H2,1H3,(H,17,18). The van der Waals surface area contributed by atoms with E-state index in [2.05, 4.69) is 11.6 Å². The van der Waals surface area contributed by atoms with E-state index in [-0.39, 0.29) is 5.56 Å². The normalized spacial score (nSPS) is 23.1. The van der Waals surface area contributed by atoms with Gasteiger partial charge in [-0.15, -0.1) is 0 Å². The molecule has 0 bridgehead atoms. The van der Waals surface area contributed by atoms with Crippen LogP contribution in [-0.4, -0.2) is 28.6 Å². The molecular weight excluding hydrogens is 282 g/mol. The number of thioether (sulfide) groups is 1. The SMILES string of the molecule is CSC1CCC(Nc2ccc(C(=O)O)cc2Cl)CC1. The zero-order valence-corrected chi connectivity index (χ0v) is 12.4. The topological polar surface area (TPSA) is 49.3 Å². The van der Waals surface area contributed by atoms with Crippen molar-refractivity contribution in [3.63, 3.8) is 0 Å². The molecular formula is C14H18ClNO2S. The fourth-order valence-electron chi connectivity index (χ4n) is 2.43. The van der Waals surface area contributed by atoms with Crippen molar-refractivity contribution in [1.29, 1.82) is 0 Å². The smallest absolute Gasteiger partial charge is 0.335 e. The highest BCUT2D eigenvalue weighted by Crippen LogP contribution is 2.31. The lowest BCUT2D eigenvalue weighted by Crippen LogP contribution is -2.27. The van der Waals surface area contributed by atoms with Crippen LogP contribution in [0.1, 0.15) is 36.0 Å². The van der Waals surface area contributed by atoms with E-state index in [0.717, 1.165) is 23.8 Å². The van der Waals surface area contributed by atoms with Crippen LogP contribution >= 0.6 is 23.4 Å². The van der Waals surface area contributed by atoms with Crippen molar-refractivity contribution < 1.29 is 9.90 Å². The number of benzene rings is 1. The number of hydrogen-bond acceptors (Lipinski definition) is 3. The lowest BCUT2D eigenvalue weighted by Gasteiger charge is -2.29. The Morgan fingerprint density at radius 1 is 1.37 bits per heavy atom. The lowest BCUT2D eigenvalue weighted by atomic mass is 9.94. The molecule has 2 rings (SSSR count). The molecule has 0 unspecified atom stereocenters.